The van der Waals surface area contributed by atoms with Crippen molar-refractivity contribution in [2.24, 2.45) is 16.6 Å². The molecule has 1 rings (SSSR count). The fourth-order valence-electron chi connectivity index (χ4n) is 2.00. The van der Waals surface area contributed by atoms with Crippen molar-refractivity contribution in [1.82, 2.24) is 5.32 Å². The first-order valence-electron chi connectivity index (χ1n) is 8.34. The molecule has 124 valence electrons. The highest BCUT2D eigenvalue weighted by Gasteiger charge is 1.96. The standard InChI is InChI=1S/C18H31N3O/c1-16(2)10-13-21-18(19)20-12-6-7-14-22-15-11-17-8-4-3-5-9-17/h3-5,8-9,16H,6-7,10-15H2,1-2H3,(H3,19,20,21). The van der Waals surface area contributed by atoms with Crippen LogP contribution >= 0.6 is 0 Å². The van der Waals surface area contributed by atoms with Gasteiger partial charge >= 0.3 is 0 Å². The minimum absolute atomic E-state index is 0.561. The number of hydrogen-bond donors (Lipinski definition) is 2. The Kier molecular flexibility index (Phi) is 10.1. The summed E-state index contributed by atoms with van der Waals surface area (Å²) in [7, 11) is 0. The van der Waals surface area contributed by atoms with Crippen LogP contribution in [0, 0.1) is 5.92 Å². The number of guanidine groups is 1. The lowest BCUT2D eigenvalue weighted by atomic mass is 10.1. The van der Waals surface area contributed by atoms with Crippen molar-refractivity contribution >= 4 is 5.96 Å². The maximum Gasteiger partial charge on any atom is 0.188 e. The van der Waals surface area contributed by atoms with E-state index in [4.69, 9.17) is 10.5 Å². The van der Waals surface area contributed by atoms with E-state index in [1.54, 1.807) is 0 Å². The first kappa shape index (κ1) is 18.5. The summed E-state index contributed by atoms with van der Waals surface area (Å²) in [6.07, 6.45) is 4.13. The van der Waals surface area contributed by atoms with Gasteiger partial charge in [-0.1, -0.05) is 44.2 Å². The number of nitrogens with two attached hydrogens (primary N) is 1. The van der Waals surface area contributed by atoms with E-state index in [0.29, 0.717) is 11.9 Å². The molecule has 22 heavy (non-hydrogen) atoms. The maximum absolute atomic E-state index is 5.79. The van der Waals surface area contributed by atoms with Crippen molar-refractivity contribution in [3.05, 3.63) is 35.9 Å². The number of rotatable bonds is 11. The van der Waals surface area contributed by atoms with Crippen LogP contribution in [0.2, 0.25) is 0 Å². The van der Waals surface area contributed by atoms with E-state index in [1.165, 1.54) is 5.56 Å². The van der Waals surface area contributed by atoms with Crippen LogP contribution < -0.4 is 11.1 Å². The van der Waals surface area contributed by atoms with Gasteiger partial charge in [0.2, 0.25) is 0 Å². The highest BCUT2D eigenvalue weighted by molar-refractivity contribution is 5.77. The molecule has 0 radical (unpaired) electrons. The van der Waals surface area contributed by atoms with Crippen LogP contribution in [-0.4, -0.2) is 32.3 Å². The first-order valence-corrected chi connectivity index (χ1v) is 8.34. The van der Waals surface area contributed by atoms with Gasteiger partial charge in [0.15, 0.2) is 5.96 Å². The number of benzene rings is 1. The summed E-state index contributed by atoms with van der Waals surface area (Å²) in [5.41, 5.74) is 7.12. The minimum atomic E-state index is 0.561. The van der Waals surface area contributed by atoms with Crippen molar-refractivity contribution in [2.75, 3.05) is 26.3 Å². The second-order valence-electron chi connectivity index (χ2n) is 5.93. The third kappa shape index (κ3) is 10.2. The molecule has 1 aromatic carbocycles. The Bertz CT molecular complexity index is 404. The zero-order valence-electron chi connectivity index (χ0n) is 14.1. The Hall–Kier alpha value is -1.55. The largest absolute Gasteiger partial charge is 0.381 e. The quantitative estimate of drug-likeness (QED) is 0.375. The summed E-state index contributed by atoms with van der Waals surface area (Å²) in [5, 5.41) is 3.14. The second-order valence-corrected chi connectivity index (χ2v) is 5.93. The van der Waals surface area contributed by atoms with Gasteiger partial charge in [0, 0.05) is 19.7 Å². The van der Waals surface area contributed by atoms with Crippen molar-refractivity contribution in [3.8, 4) is 0 Å². The molecule has 0 unspecified atom stereocenters. The number of nitrogens with zero attached hydrogens (tertiary/aromatic N) is 1. The van der Waals surface area contributed by atoms with E-state index in [0.717, 1.165) is 52.0 Å². The molecular formula is C18H31N3O. The molecule has 4 nitrogen and oxygen atoms in total. The third-order valence-electron chi connectivity index (χ3n) is 3.38. The Morgan fingerprint density at radius 1 is 1.18 bits per heavy atom. The summed E-state index contributed by atoms with van der Waals surface area (Å²) >= 11 is 0. The Morgan fingerprint density at radius 2 is 1.95 bits per heavy atom. The molecule has 0 atom stereocenters. The highest BCUT2D eigenvalue weighted by atomic mass is 16.5. The number of nitrogens with one attached hydrogen (secondary N) is 1. The van der Waals surface area contributed by atoms with Gasteiger partial charge in [-0.3, -0.25) is 4.99 Å². The molecule has 1 aromatic rings. The summed E-state index contributed by atoms with van der Waals surface area (Å²) in [5.74, 6) is 1.25. The molecule has 0 aliphatic heterocycles. The van der Waals surface area contributed by atoms with E-state index in [-0.39, 0.29) is 0 Å². The molecule has 0 amide bonds. The average Bonchev–Trinajstić information content (AvgIpc) is 2.50. The predicted molar refractivity (Wildman–Crippen MR) is 94.1 cm³/mol. The van der Waals surface area contributed by atoms with E-state index < -0.39 is 0 Å². The Morgan fingerprint density at radius 3 is 2.68 bits per heavy atom. The van der Waals surface area contributed by atoms with Crippen LogP contribution in [0.25, 0.3) is 0 Å². The molecule has 0 aliphatic carbocycles. The lowest BCUT2D eigenvalue weighted by Crippen LogP contribution is -2.33. The normalized spacial score (nSPS) is 11.9. The molecule has 0 fully saturated rings. The van der Waals surface area contributed by atoms with Crippen molar-refractivity contribution < 1.29 is 4.74 Å². The molecule has 0 aromatic heterocycles. The van der Waals surface area contributed by atoms with Crippen LogP contribution in [-0.2, 0) is 11.2 Å². The van der Waals surface area contributed by atoms with Crippen LogP contribution in [0.4, 0.5) is 0 Å². The van der Waals surface area contributed by atoms with Gasteiger partial charge in [-0.15, -0.1) is 0 Å². The fraction of sp³-hybridized carbons (Fsp3) is 0.611. The van der Waals surface area contributed by atoms with Gasteiger partial charge in [0.25, 0.3) is 0 Å². The molecule has 0 heterocycles. The lowest BCUT2D eigenvalue weighted by Gasteiger charge is -2.07. The number of hydrogen-bond acceptors (Lipinski definition) is 2. The van der Waals surface area contributed by atoms with Gasteiger partial charge in [-0.2, -0.15) is 0 Å². The summed E-state index contributed by atoms with van der Waals surface area (Å²) in [4.78, 5) is 4.31. The number of unbranched alkanes of at least 4 members (excludes halogenated alkanes) is 1. The maximum atomic E-state index is 5.79. The number of aliphatic imine (C=N–C) groups is 1. The van der Waals surface area contributed by atoms with Crippen LogP contribution in [0.5, 0.6) is 0 Å². The molecule has 0 saturated carbocycles. The van der Waals surface area contributed by atoms with Crippen LogP contribution in [0.15, 0.2) is 35.3 Å². The zero-order chi connectivity index (χ0) is 16.0. The van der Waals surface area contributed by atoms with Crippen LogP contribution in [0.1, 0.15) is 38.7 Å². The van der Waals surface area contributed by atoms with Crippen LogP contribution in [0.3, 0.4) is 0 Å². The average molecular weight is 305 g/mol. The third-order valence-corrected chi connectivity index (χ3v) is 3.38. The smallest absolute Gasteiger partial charge is 0.188 e. The van der Waals surface area contributed by atoms with Gasteiger partial charge in [0.1, 0.15) is 0 Å². The summed E-state index contributed by atoms with van der Waals surface area (Å²) < 4.78 is 5.64. The van der Waals surface area contributed by atoms with E-state index in [2.05, 4.69) is 48.4 Å². The zero-order valence-corrected chi connectivity index (χ0v) is 14.1. The predicted octanol–water partition coefficient (Wildman–Crippen LogP) is 2.98. The number of ether oxygens (including phenoxy) is 1. The molecule has 0 saturated heterocycles. The van der Waals surface area contributed by atoms with Gasteiger partial charge < -0.3 is 15.8 Å². The van der Waals surface area contributed by atoms with Gasteiger partial charge in [-0.25, -0.2) is 0 Å². The van der Waals surface area contributed by atoms with E-state index in [1.807, 2.05) is 6.07 Å². The van der Waals surface area contributed by atoms with Crippen molar-refractivity contribution in [3.63, 3.8) is 0 Å². The Labute approximate surface area is 135 Å². The molecular weight excluding hydrogens is 274 g/mol. The SMILES string of the molecule is CC(C)CCNC(N)=NCCCCOCCc1ccccc1. The Balaban J connectivity index is 1.92. The lowest BCUT2D eigenvalue weighted by molar-refractivity contribution is 0.134. The summed E-state index contributed by atoms with van der Waals surface area (Å²) in [6, 6.07) is 10.4. The summed E-state index contributed by atoms with van der Waals surface area (Å²) in [6.45, 7) is 7.65. The first-order chi connectivity index (χ1) is 10.7. The molecule has 0 aliphatic rings. The van der Waals surface area contributed by atoms with Gasteiger partial charge in [0.05, 0.1) is 6.61 Å². The minimum Gasteiger partial charge on any atom is -0.381 e. The second kappa shape index (κ2) is 12.0. The van der Waals surface area contributed by atoms with Crippen molar-refractivity contribution in [2.45, 2.75) is 39.5 Å². The molecule has 4 heteroatoms. The molecule has 3 N–H and O–H groups in total. The topological polar surface area (TPSA) is 59.6 Å². The molecule has 0 spiro atoms. The van der Waals surface area contributed by atoms with E-state index in [9.17, 15) is 0 Å². The fourth-order valence-corrected chi connectivity index (χ4v) is 2.00. The van der Waals surface area contributed by atoms with Gasteiger partial charge in [-0.05, 0) is 37.2 Å². The monoisotopic (exact) mass is 305 g/mol. The van der Waals surface area contributed by atoms with Crippen molar-refractivity contribution in [1.29, 1.82) is 0 Å². The molecule has 0 bridgehead atoms. The highest BCUT2D eigenvalue weighted by Crippen LogP contribution is 2.00. The van der Waals surface area contributed by atoms with E-state index >= 15 is 0 Å².